The second kappa shape index (κ2) is 4.92. The van der Waals surface area contributed by atoms with E-state index in [0.717, 1.165) is 5.69 Å². The molecule has 0 saturated carbocycles. The highest BCUT2D eigenvalue weighted by Gasteiger charge is 1.86. The molecule has 0 saturated heterocycles. The van der Waals surface area contributed by atoms with Gasteiger partial charge >= 0.3 is 0 Å². The van der Waals surface area contributed by atoms with Crippen LogP contribution in [-0.4, -0.2) is 17.1 Å². The Labute approximate surface area is 76.6 Å². The van der Waals surface area contributed by atoms with Crippen molar-refractivity contribution in [2.45, 2.75) is 6.92 Å². The Morgan fingerprint density at radius 1 is 1.38 bits per heavy atom. The highest BCUT2D eigenvalue weighted by molar-refractivity contribution is 6.29. The smallest absolute Gasteiger partial charge is 0.0891 e. The van der Waals surface area contributed by atoms with Gasteiger partial charge in [0.15, 0.2) is 0 Å². The number of hydrogen-bond acceptors (Lipinski definition) is 4. The number of anilines is 1. The molecule has 1 rings (SSSR count). The first-order chi connectivity index (χ1) is 6.33. The lowest BCUT2D eigenvalue weighted by molar-refractivity contribution is 0.322. The summed E-state index contributed by atoms with van der Waals surface area (Å²) in [5.74, 6) is 0. The summed E-state index contributed by atoms with van der Waals surface area (Å²) in [6.07, 6.45) is 1.26. The maximum atomic E-state index is 8.19. The molecule has 0 aliphatic heterocycles. The van der Waals surface area contributed by atoms with Gasteiger partial charge in [0.1, 0.15) is 0 Å². The zero-order valence-electron chi connectivity index (χ0n) is 7.31. The number of oxime groups is 1. The number of para-hydroxylation sites is 1. The average molecular weight is 177 g/mol. The normalized spacial score (nSPS) is 11.9. The van der Waals surface area contributed by atoms with E-state index >= 15 is 0 Å². The van der Waals surface area contributed by atoms with Crippen molar-refractivity contribution in [2.24, 2.45) is 10.3 Å². The molecule has 68 valence electrons. The summed E-state index contributed by atoms with van der Waals surface area (Å²) >= 11 is 0. The Balaban J connectivity index is 2.56. The molecule has 0 fully saturated rings. The fourth-order valence-corrected chi connectivity index (χ4v) is 0.778. The zero-order chi connectivity index (χ0) is 9.52. The van der Waals surface area contributed by atoms with Gasteiger partial charge in [0.05, 0.1) is 17.6 Å². The standard InChI is InChI=1S/C9H11N3O/c1-8(7-10-13)11-12-9-5-3-2-4-6-9/h2-7,12-13H,1H3/b10-7+,11-8+. The molecule has 0 unspecified atom stereocenters. The van der Waals surface area contributed by atoms with Crippen LogP contribution in [-0.2, 0) is 0 Å². The van der Waals surface area contributed by atoms with Crippen molar-refractivity contribution in [1.82, 2.24) is 0 Å². The van der Waals surface area contributed by atoms with Gasteiger partial charge in [0, 0.05) is 0 Å². The van der Waals surface area contributed by atoms with Crippen LogP contribution in [0.3, 0.4) is 0 Å². The number of rotatable bonds is 3. The minimum Gasteiger partial charge on any atom is -0.411 e. The predicted molar refractivity (Wildman–Crippen MR) is 53.5 cm³/mol. The van der Waals surface area contributed by atoms with Gasteiger partial charge in [-0.05, 0) is 19.1 Å². The third-order valence-electron chi connectivity index (χ3n) is 1.38. The van der Waals surface area contributed by atoms with E-state index in [9.17, 15) is 0 Å². The van der Waals surface area contributed by atoms with Gasteiger partial charge in [-0.1, -0.05) is 23.4 Å². The lowest BCUT2D eigenvalue weighted by Gasteiger charge is -1.98. The fourth-order valence-electron chi connectivity index (χ4n) is 0.778. The molecule has 0 spiro atoms. The molecule has 4 nitrogen and oxygen atoms in total. The van der Waals surface area contributed by atoms with Gasteiger partial charge in [0.25, 0.3) is 0 Å². The van der Waals surface area contributed by atoms with Crippen molar-refractivity contribution in [1.29, 1.82) is 0 Å². The van der Waals surface area contributed by atoms with Gasteiger partial charge in [0.2, 0.25) is 0 Å². The molecule has 0 atom stereocenters. The van der Waals surface area contributed by atoms with E-state index in [4.69, 9.17) is 5.21 Å². The molecular formula is C9H11N3O. The van der Waals surface area contributed by atoms with Crippen LogP contribution in [0.15, 0.2) is 40.6 Å². The molecule has 4 heteroatoms. The SMILES string of the molecule is CC(/C=N/O)=N\Nc1ccccc1. The Morgan fingerprint density at radius 2 is 2.08 bits per heavy atom. The van der Waals surface area contributed by atoms with E-state index in [1.807, 2.05) is 30.3 Å². The van der Waals surface area contributed by atoms with Crippen LogP contribution < -0.4 is 5.43 Å². The zero-order valence-corrected chi connectivity index (χ0v) is 7.31. The van der Waals surface area contributed by atoms with Crippen LogP contribution in [0.5, 0.6) is 0 Å². The highest BCUT2D eigenvalue weighted by atomic mass is 16.4. The van der Waals surface area contributed by atoms with Gasteiger partial charge in [-0.15, -0.1) is 0 Å². The first-order valence-corrected chi connectivity index (χ1v) is 3.85. The third-order valence-corrected chi connectivity index (χ3v) is 1.38. The van der Waals surface area contributed by atoms with Crippen LogP contribution in [0.2, 0.25) is 0 Å². The lowest BCUT2D eigenvalue weighted by Crippen LogP contribution is -1.98. The number of nitrogens with one attached hydrogen (secondary N) is 1. The van der Waals surface area contributed by atoms with Crippen LogP contribution >= 0.6 is 0 Å². The molecule has 0 radical (unpaired) electrons. The third kappa shape index (κ3) is 3.37. The molecule has 0 heterocycles. The Kier molecular flexibility index (Phi) is 3.50. The molecule has 0 aromatic heterocycles. The maximum Gasteiger partial charge on any atom is 0.0891 e. The maximum absolute atomic E-state index is 8.19. The van der Waals surface area contributed by atoms with E-state index in [-0.39, 0.29) is 0 Å². The number of nitrogens with zero attached hydrogens (tertiary/aromatic N) is 2. The first kappa shape index (κ1) is 9.25. The molecule has 1 aromatic carbocycles. The molecule has 1 aromatic rings. The largest absolute Gasteiger partial charge is 0.411 e. The molecule has 0 bridgehead atoms. The van der Waals surface area contributed by atoms with Crippen molar-refractivity contribution < 1.29 is 5.21 Å². The quantitative estimate of drug-likeness (QED) is 0.421. The predicted octanol–water partition coefficient (Wildman–Crippen LogP) is 1.93. The topological polar surface area (TPSA) is 57.0 Å². The van der Waals surface area contributed by atoms with E-state index in [2.05, 4.69) is 15.7 Å². The van der Waals surface area contributed by atoms with E-state index < -0.39 is 0 Å². The summed E-state index contributed by atoms with van der Waals surface area (Å²) < 4.78 is 0. The molecular weight excluding hydrogens is 166 g/mol. The summed E-state index contributed by atoms with van der Waals surface area (Å²) in [4.78, 5) is 0. The van der Waals surface area contributed by atoms with Crippen molar-refractivity contribution in [2.75, 3.05) is 5.43 Å². The molecule has 2 N–H and O–H groups in total. The van der Waals surface area contributed by atoms with Crippen LogP contribution in [0.25, 0.3) is 0 Å². The molecule has 0 amide bonds. The van der Waals surface area contributed by atoms with E-state index in [1.54, 1.807) is 6.92 Å². The minimum absolute atomic E-state index is 0.603. The van der Waals surface area contributed by atoms with Crippen molar-refractivity contribution in [3.8, 4) is 0 Å². The minimum atomic E-state index is 0.603. The van der Waals surface area contributed by atoms with Crippen molar-refractivity contribution in [3.05, 3.63) is 30.3 Å². The van der Waals surface area contributed by atoms with Gasteiger partial charge in [-0.3, -0.25) is 5.43 Å². The lowest BCUT2D eigenvalue weighted by atomic mass is 10.3. The van der Waals surface area contributed by atoms with Gasteiger partial charge < -0.3 is 5.21 Å². The van der Waals surface area contributed by atoms with Crippen molar-refractivity contribution >= 4 is 17.6 Å². The summed E-state index contributed by atoms with van der Waals surface area (Å²) in [6.45, 7) is 1.73. The Morgan fingerprint density at radius 3 is 2.69 bits per heavy atom. The molecule has 0 aliphatic carbocycles. The average Bonchev–Trinajstić information content (AvgIpc) is 2.17. The molecule has 13 heavy (non-hydrogen) atoms. The van der Waals surface area contributed by atoms with E-state index in [1.165, 1.54) is 6.21 Å². The van der Waals surface area contributed by atoms with E-state index in [0.29, 0.717) is 5.71 Å². The summed E-state index contributed by atoms with van der Waals surface area (Å²) in [6, 6.07) is 9.54. The second-order valence-electron chi connectivity index (χ2n) is 2.48. The fraction of sp³-hybridized carbons (Fsp3) is 0.111. The Bertz CT molecular complexity index is 306. The monoisotopic (exact) mass is 177 g/mol. The summed E-state index contributed by atoms with van der Waals surface area (Å²) in [5.41, 5.74) is 4.31. The number of hydrogen-bond donors (Lipinski definition) is 2. The van der Waals surface area contributed by atoms with Crippen LogP contribution in [0, 0.1) is 0 Å². The van der Waals surface area contributed by atoms with Gasteiger partial charge in [-0.2, -0.15) is 5.10 Å². The summed E-state index contributed by atoms with van der Waals surface area (Å²) in [7, 11) is 0. The Hall–Kier alpha value is -1.84. The number of benzene rings is 1. The summed E-state index contributed by atoms with van der Waals surface area (Å²) in [5, 5.41) is 15.0. The molecule has 0 aliphatic rings. The number of hydrazone groups is 1. The van der Waals surface area contributed by atoms with Crippen molar-refractivity contribution in [3.63, 3.8) is 0 Å². The highest BCUT2D eigenvalue weighted by Crippen LogP contribution is 2.03. The van der Waals surface area contributed by atoms with Crippen LogP contribution in [0.1, 0.15) is 6.92 Å². The van der Waals surface area contributed by atoms with Crippen LogP contribution in [0.4, 0.5) is 5.69 Å². The van der Waals surface area contributed by atoms with Gasteiger partial charge in [-0.25, -0.2) is 0 Å². The second-order valence-corrected chi connectivity index (χ2v) is 2.48. The first-order valence-electron chi connectivity index (χ1n) is 3.85.